The van der Waals surface area contributed by atoms with Crippen LogP contribution in [-0.4, -0.2) is 5.91 Å². The predicted molar refractivity (Wildman–Crippen MR) is 70.1 cm³/mol. The minimum Gasteiger partial charge on any atom is -0.365 e. The molecule has 0 atom stereocenters. The van der Waals surface area contributed by atoms with Crippen molar-refractivity contribution in [2.24, 2.45) is 5.73 Å². The van der Waals surface area contributed by atoms with Gasteiger partial charge in [-0.2, -0.15) is 0 Å². The molecule has 0 aliphatic rings. The summed E-state index contributed by atoms with van der Waals surface area (Å²) in [6.45, 7) is 0.535. The van der Waals surface area contributed by atoms with Crippen LogP contribution in [0.3, 0.4) is 0 Å². The SMILES string of the molecule is NC(=O)c1cc(Cl)c[n+](Cc2ccccc2)c1N. The van der Waals surface area contributed by atoms with E-state index in [2.05, 4.69) is 0 Å². The molecule has 1 aromatic carbocycles. The Morgan fingerprint density at radius 1 is 1.28 bits per heavy atom. The van der Waals surface area contributed by atoms with Crippen LogP contribution in [0.1, 0.15) is 15.9 Å². The average molecular weight is 263 g/mol. The molecule has 4 N–H and O–H groups in total. The fourth-order valence-electron chi connectivity index (χ4n) is 1.73. The number of nitrogens with two attached hydrogens (primary N) is 2. The van der Waals surface area contributed by atoms with Crippen LogP contribution in [-0.2, 0) is 6.54 Å². The number of pyridine rings is 1. The molecule has 2 rings (SSSR count). The number of nitrogen functional groups attached to an aromatic ring is 1. The minimum absolute atomic E-state index is 0.235. The first-order chi connectivity index (χ1) is 8.58. The van der Waals surface area contributed by atoms with Gasteiger partial charge in [-0.25, -0.2) is 4.57 Å². The third kappa shape index (κ3) is 2.60. The van der Waals surface area contributed by atoms with Crippen LogP contribution in [0.15, 0.2) is 42.6 Å². The molecule has 0 unspecified atom stereocenters. The third-order valence-electron chi connectivity index (χ3n) is 2.61. The number of nitrogens with zero attached hydrogens (tertiary/aromatic N) is 1. The zero-order valence-electron chi connectivity index (χ0n) is 9.64. The topological polar surface area (TPSA) is 73.0 Å². The maximum atomic E-state index is 11.2. The standard InChI is InChI=1S/C13H12ClN3O/c14-10-6-11(13(16)18)12(15)17(8-10)7-9-4-2-1-3-5-9/h1-6,8,15H,7H2,(H2,16,18)/p+1. The van der Waals surface area contributed by atoms with Gasteiger partial charge in [-0.15, -0.1) is 0 Å². The Balaban J connectivity index is 2.42. The van der Waals surface area contributed by atoms with E-state index in [-0.39, 0.29) is 5.56 Å². The first-order valence-electron chi connectivity index (χ1n) is 5.40. The van der Waals surface area contributed by atoms with Gasteiger partial charge in [-0.05, 0) is 11.6 Å². The number of anilines is 1. The van der Waals surface area contributed by atoms with Crippen molar-refractivity contribution in [3.8, 4) is 0 Å². The fourth-order valence-corrected chi connectivity index (χ4v) is 1.96. The van der Waals surface area contributed by atoms with Gasteiger partial charge in [0.2, 0.25) is 0 Å². The Hall–Kier alpha value is -2.07. The van der Waals surface area contributed by atoms with E-state index in [1.54, 1.807) is 10.8 Å². The number of halogens is 1. The number of aromatic nitrogens is 1. The molecule has 0 aliphatic carbocycles. The monoisotopic (exact) mass is 262 g/mol. The molecule has 0 aliphatic heterocycles. The zero-order valence-corrected chi connectivity index (χ0v) is 10.4. The lowest BCUT2D eigenvalue weighted by Gasteiger charge is -2.06. The zero-order chi connectivity index (χ0) is 13.1. The van der Waals surface area contributed by atoms with Gasteiger partial charge in [0, 0.05) is 0 Å². The lowest BCUT2D eigenvalue weighted by Crippen LogP contribution is -2.39. The first kappa shape index (κ1) is 12.4. The molecular weight excluding hydrogens is 250 g/mol. The van der Waals surface area contributed by atoms with E-state index < -0.39 is 5.91 Å². The van der Waals surface area contributed by atoms with Crippen molar-refractivity contribution in [2.75, 3.05) is 5.73 Å². The van der Waals surface area contributed by atoms with E-state index in [1.165, 1.54) is 6.07 Å². The van der Waals surface area contributed by atoms with E-state index >= 15 is 0 Å². The van der Waals surface area contributed by atoms with Crippen molar-refractivity contribution in [3.05, 3.63) is 58.7 Å². The highest BCUT2D eigenvalue weighted by Crippen LogP contribution is 2.13. The summed E-state index contributed by atoms with van der Waals surface area (Å²) < 4.78 is 1.71. The predicted octanol–water partition coefficient (Wildman–Crippen LogP) is 1.36. The molecule has 92 valence electrons. The summed E-state index contributed by atoms with van der Waals surface area (Å²) in [6.07, 6.45) is 1.68. The molecule has 1 amide bonds. The van der Waals surface area contributed by atoms with E-state index in [0.717, 1.165) is 5.56 Å². The Morgan fingerprint density at radius 2 is 1.94 bits per heavy atom. The molecule has 0 spiro atoms. The van der Waals surface area contributed by atoms with Crippen LogP contribution < -0.4 is 16.0 Å². The largest absolute Gasteiger partial charge is 0.365 e. The summed E-state index contributed by atoms with van der Waals surface area (Å²) >= 11 is 5.95. The smallest absolute Gasteiger partial charge is 0.285 e. The Morgan fingerprint density at radius 3 is 2.56 bits per heavy atom. The molecule has 0 saturated heterocycles. The van der Waals surface area contributed by atoms with Crippen LogP contribution in [0.25, 0.3) is 0 Å². The highest BCUT2D eigenvalue weighted by atomic mass is 35.5. The number of benzene rings is 1. The van der Waals surface area contributed by atoms with Gasteiger partial charge in [-0.1, -0.05) is 41.9 Å². The molecule has 1 heterocycles. The number of hydrogen-bond acceptors (Lipinski definition) is 2. The third-order valence-corrected chi connectivity index (χ3v) is 2.81. The van der Waals surface area contributed by atoms with Crippen LogP contribution in [0.2, 0.25) is 5.02 Å². The molecule has 0 radical (unpaired) electrons. The van der Waals surface area contributed by atoms with Crippen molar-refractivity contribution in [1.29, 1.82) is 0 Å². The molecule has 2 aromatic rings. The molecule has 5 heteroatoms. The number of carbonyl (C=O) groups excluding carboxylic acids is 1. The maximum Gasteiger partial charge on any atom is 0.285 e. The molecule has 0 fully saturated rings. The lowest BCUT2D eigenvalue weighted by molar-refractivity contribution is -0.674. The van der Waals surface area contributed by atoms with Crippen molar-refractivity contribution in [2.45, 2.75) is 6.54 Å². The number of primary amides is 1. The summed E-state index contributed by atoms with van der Waals surface area (Å²) in [5.74, 6) is -0.271. The quantitative estimate of drug-likeness (QED) is 0.820. The van der Waals surface area contributed by atoms with Gasteiger partial charge in [0.25, 0.3) is 11.7 Å². The number of carbonyl (C=O) groups is 1. The van der Waals surface area contributed by atoms with E-state index in [9.17, 15) is 4.79 Å². The summed E-state index contributed by atoms with van der Waals surface area (Å²) in [6, 6.07) is 11.2. The maximum absolute atomic E-state index is 11.2. The van der Waals surface area contributed by atoms with Crippen molar-refractivity contribution >= 4 is 23.3 Å². The normalized spacial score (nSPS) is 10.3. The molecular formula is C13H13ClN3O+. The second kappa shape index (κ2) is 5.06. The fraction of sp³-hybridized carbons (Fsp3) is 0.0769. The van der Waals surface area contributed by atoms with Gasteiger partial charge < -0.3 is 5.73 Å². The van der Waals surface area contributed by atoms with Gasteiger partial charge >= 0.3 is 0 Å². The Labute approximate surface area is 110 Å². The second-order valence-corrected chi connectivity index (χ2v) is 4.37. The molecule has 0 bridgehead atoms. The van der Waals surface area contributed by atoms with Crippen LogP contribution in [0, 0.1) is 0 Å². The number of rotatable bonds is 3. The highest BCUT2D eigenvalue weighted by Gasteiger charge is 2.17. The van der Waals surface area contributed by atoms with Crippen LogP contribution >= 0.6 is 11.6 Å². The summed E-state index contributed by atoms with van der Waals surface area (Å²) in [4.78, 5) is 11.2. The van der Waals surface area contributed by atoms with Gasteiger partial charge in [0.15, 0.2) is 0 Å². The van der Waals surface area contributed by atoms with E-state index in [4.69, 9.17) is 23.1 Å². The van der Waals surface area contributed by atoms with Gasteiger partial charge in [-0.3, -0.25) is 10.5 Å². The summed E-state index contributed by atoms with van der Waals surface area (Å²) in [7, 11) is 0. The van der Waals surface area contributed by atoms with E-state index in [0.29, 0.717) is 17.4 Å². The molecule has 18 heavy (non-hydrogen) atoms. The van der Waals surface area contributed by atoms with Crippen molar-refractivity contribution in [3.63, 3.8) is 0 Å². The van der Waals surface area contributed by atoms with Crippen LogP contribution in [0.5, 0.6) is 0 Å². The van der Waals surface area contributed by atoms with Crippen molar-refractivity contribution < 1.29 is 9.36 Å². The van der Waals surface area contributed by atoms with E-state index in [1.807, 2.05) is 30.3 Å². The Kier molecular flexibility index (Phi) is 3.48. The highest BCUT2D eigenvalue weighted by molar-refractivity contribution is 6.30. The van der Waals surface area contributed by atoms with Gasteiger partial charge in [0.05, 0.1) is 5.02 Å². The lowest BCUT2D eigenvalue weighted by atomic mass is 10.2. The van der Waals surface area contributed by atoms with Gasteiger partial charge in [0.1, 0.15) is 18.3 Å². The molecule has 1 aromatic heterocycles. The Bertz CT molecular complexity index is 584. The number of amides is 1. The molecule has 0 saturated carbocycles. The second-order valence-electron chi connectivity index (χ2n) is 3.93. The summed E-state index contributed by atoms with van der Waals surface area (Å²) in [5, 5.41) is 0.425. The van der Waals surface area contributed by atoms with Crippen LogP contribution in [0.4, 0.5) is 5.82 Å². The average Bonchev–Trinajstić information content (AvgIpc) is 2.34. The van der Waals surface area contributed by atoms with Crippen molar-refractivity contribution in [1.82, 2.24) is 0 Å². The number of hydrogen-bond donors (Lipinski definition) is 2. The summed E-state index contributed by atoms with van der Waals surface area (Å²) in [5.41, 5.74) is 12.5. The molecule has 4 nitrogen and oxygen atoms in total. The first-order valence-corrected chi connectivity index (χ1v) is 5.78. The minimum atomic E-state index is -0.586.